The molecule has 1 atom stereocenters. The van der Waals surface area contributed by atoms with Gasteiger partial charge in [0, 0.05) is 18.7 Å². The van der Waals surface area contributed by atoms with Crippen LogP contribution in [0.4, 0.5) is 0 Å². The van der Waals surface area contributed by atoms with Crippen LogP contribution in [0.25, 0.3) is 0 Å². The fraction of sp³-hybridized carbons (Fsp3) is 0.455. The molecule has 1 aliphatic heterocycles. The lowest BCUT2D eigenvalue weighted by Crippen LogP contribution is -2.41. The Bertz CT molecular complexity index is 818. The monoisotopic (exact) mass is 417 g/mol. The molecule has 4 nitrogen and oxygen atoms in total. The van der Waals surface area contributed by atoms with Gasteiger partial charge in [-0.05, 0) is 74.5 Å². The zero-order chi connectivity index (χ0) is 19.5. The Morgan fingerprint density at radius 1 is 1.11 bits per heavy atom. The van der Waals surface area contributed by atoms with Crippen molar-refractivity contribution in [3.8, 4) is 0 Å². The molecule has 1 aromatic carbocycles. The van der Waals surface area contributed by atoms with Crippen LogP contribution in [0.2, 0.25) is 10.0 Å². The zero-order valence-electron chi connectivity index (χ0n) is 15.8. The largest absolute Gasteiger partial charge is 0.347 e. The molecule has 2 heterocycles. The van der Waals surface area contributed by atoms with Crippen molar-refractivity contribution in [3.05, 3.63) is 63.9 Å². The molecule has 0 bridgehead atoms. The molecule has 0 radical (unpaired) electrons. The van der Waals surface area contributed by atoms with Crippen molar-refractivity contribution < 1.29 is 4.79 Å². The first-order valence-electron chi connectivity index (χ1n) is 9.98. The second-order valence-corrected chi connectivity index (χ2v) is 8.69. The van der Waals surface area contributed by atoms with Crippen molar-refractivity contribution >= 4 is 29.1 Å². The molecule has 2 aromatic rings. The first kappa shape index (κ1) is 19.7. The van der Waals surface area contributed by atoms with Crippen molar-refractivity contribution in [3.63, 3.8) is 0 Å². The van der Waals surface area contributed by atoms with E-state index in [9.17, 15) is 4.79 Å². The predicted octanol–water partition coefficient (Wildman–Crippen LogP) is 4.87. The third-order valence-electron chi connectivity index (χ3n) is 5.75. The van der Waals surface area contributed by atoms with Crippen LogP contribution in [0.15, 0.2) is 42.6 Å². The summed E-state index contributed by atoms with van der Waals surface area (Å²) in [6.45, 7) is 2.85. The molecule has 4 rings (SSSR count). The minimum absolute atomic E-state index is 0.00132. The molecule has 2 fully saturated rings. The Kier molecular flexibility index (Phi) is 6.19. The number of rotatable bonds is 6. The van der Waals surface area contributed by atoms with Crippen LogP contribution < -0.4 is 5.32 Å². The van der Waals surface area contributed by atoms with Gasteiger partial charge in [-0.1, -0.05) is 35.3 Å². The molecule has 28 heavy (non-hydrogen) atoms. The number of hydrogen-bond donors (Lipinski definition) is 1. The summed E-state index contributed by atoms with van der Waals surface area (Å²) in [6, 6.07) is 11.8. The topological polar surface area (TPSA) is 45.2 Å². The average Bonchev–Trinajstić information content (AvgIpc) is 3.56. The van der Waals surface area contributed by atoms with Crippen molar-refractivity contribution in [2.24, 2.45) is 11.8 Å². The number of nitrogens with one attached hydrogen (secondary N) is 1. The van der Waals surface area contributed by atoms with E-state index < -0.39 is 0 Å². The smallest absolute Gasteiger partial charge is 0.223 e. The van der Waals surface area contributed by atoms with Crippen LogP contribution in [-0.2, 0) is 11.3 Å². The van der Waals surface area contributed by atoms with Gasteiger partial charge in [0.25, 0.3) is 0 Å². The number of carbonyl (C=O) groups is 1. The van der Waals surface area contributed by atoms with Gasteiger partial charge in [0.2, 0.25) is 5.91 Å². The molecular formula is C22H25Cl2N3O. The van der Waals surface area contributed by atoms with E-state index in [0.717, 1.165) is 51.0 Å². The van der Waals surface area contributed by atoms with E-state index in [1.54, 1.807) is 0 Å². The highest BCUT2D eigenvalue weighted by atomic mass is 35.5. The number of aromatic nitrogens is 1. The number of amides is 1. The highest BCUT2D eigenvalue weighted by molar-refractivity contribution is 6.42. The van der Waals surface area contributed by atoms with E-state index in [1.165, 1.54) is 5.56 Å². The van der Waals surface area contributed by atoms with Crippen LogP contribution in [0.5, 0.6) is 0 Å². The molecule has 0 spiro atoms. The third-order valence-corrected chi connectivity index (χ3v) is 6.49. The molecule has 0 unspecified atom stereocenters. The van der Waals surface area contributed by atoms with Gasteiger partial charge in [-0.2, -0.15) is 0 Å². The minimum atomic E-state index is 0.00132. The van der Waals surface area contributed by atoms with Crippen LogP contribution >= 0.6 is 23.2 Å². The molecule has 148 valence electrons. The number of carbonyl (C=O) groups excluding carboxylic acids is 1. The normalized spacial score (nSPS) is 19.4. The summed E-state index contributed by atoms with van der Waals surface area (Å²) in [7, 11) is 0. The Morgan fingerprint density at radius 3 is 2.54 bits per heavy atom. The molecular weight excluding hydrogens is 393 g/mol. The minimum Gasteiger partial charge on any atom is -0.347 e. The molecule has 1 saturated carbocycles. The number of hydrogen-bond acceptors (Lipinski definition) is 3. The molecule has 1 N–H and O–H groups in total. The van der Waals surface area contributed by atoms with E-state index in [-0.39, 0.29) is 17.9 Å². The van der Waals surface area contributed by atoms with Crippen molar-refractivity contribution in [2.45, 2.75) is 38.3 Å². The Hall–Kier alpha value is -1.62. The van der Waals surface area contributed by atoms with E-state index in [2.05, 4.69) is 15.2 Å². The lowest BCUT2D eigenvalue weighted by atomic mass is 9.87. The summed E-state index contributed by atoms with van der Waals surface area (Å²) in [5, 5.41) is 4.49. The summed E-state index contributed by atoms with van der Waals surface area (Å²) >= 11 is 12.2. The molecule has 1 aliphatic carbocycles. The molecule has 6 heteroatoms. The quantitative estimate of drug-likeness (QED) is 0.728. The van der Waals surface area contributed by atoms with Crippen LogP contribution in [0.1, 0.15) is 43.0 Å². The summed E-state index contributed by atoms with van der Waals surface area (Å²) < 4.78 is 0. The predicted molar refractivity (Wildman–Crippen MR) is 112 cm³/mol. The first-order valence-corrected chi connectivity index (χ1v) is 10.7. The number of piperidine rings is 1. The molecule has 1 aromatic heterocycles. The number of halogens is 2. The van der Waals surface area contributed by atoms with Gasteiger partial charge >= 0.3 is 0 Å². The maximum absolute atomic E-state index is 12.4. The highest BCUT2D eigenvalue weighted by Gasteiger charge is 2.35. The second-order valence-electron chi connectivity index (χ2n) is 7.88. The number of likely N-dealkylation sites (tertiary alicyclic amines) is 1. The summed E-state index contributed by atoms with van der Waals surface area (Å²) in [4.78, 5) is 19.4. The number of nitrogens with zero attached hydrogens (tertiary/aromatic N) is 2. The fourth-order valence-electron chi connectivity index (χ4n) is 3.95. The fourth-order valence-corrected chi connectivity index (χ4v) is 4.27. The van der Waals surface area contributed by atoms with Gasteiger partial charge in [0.1, 0.15) is 0 Å². The number of pyridine rings is 1. The second kappa shape index (κ2) is 8.81. The molecule has 2 aliphatic rings. The maximum atomic E-state index is 12.4. The van der Waals surface area contributed by atoms with Crippen LogP contribution in [-0.4, -0.2) is 28.9 Å². The van der Waals surface area contributed by atoms with Gasteiger partial charge < -0.3 is 5.32 Å². The zero-order valence-corrected chi connectivity index (χ0v) is 17.3. The first-order chi connectivity index (χ1) is 13.6. The van der Waals surface area contributed by atoms with Crippen molar-refractivity contribution in [2.75, 3.05) is 13.1 Å². The summed E-state index contributed by atoms with van der Waals surface area (Å²) in [5.74, 6) is 0.803. The third kappa shape index (κ3) is 4.86. The van der Waals surface area contributed by atoms with E-state index in [4.69, 9.17) is 23.2 Å². The van der Waals surface area contributed by atoms with Gasteiger partial charge in [0.05, 0.1) is 21.8 Å². The maximum Gasteiger partial charge on any atom is 0.223 e. The lowest BCUT2D eigenvalue weighted by molar-refractivity contribution is -0.123. The van der Waals surface area contributed by atoms with Crippen LogP contribution in [0, 0.1) is 11.8 Å². The Balaban J connectivity index is 1.39. The van der Waals surface area contributed by atoms with Crippen LogP contribution in [0.3, 0.4) is 0 Å². The van der Waals surface area contributed by atoms with Crippen molar-refractivity contribution in [1.29, 1.82) is 0 Å². The van der Waals surface area contributed by atoms with E-state index in [1.807, 2.05) is 42.6 Å². The van der Waals surface area contributed by atoms with E-state index in [0.29, 0.717) is 16.0 Å². The van der Waals surface area contributed by atoms with Crippen molar-refractivity contribution in [1.82, 2.24) is 15.2 Å². The Labute approximate surface area is 176 Å². The van der Waals surface area contributed by atoms with Gasteiger partial charge in [-0.15, -0.1) is 0 Å². The van der Waals surface area contributed by atoms with Gasteiger partial charge in [0.15, 0.2) is 0 Å². The number of benzene rings is 1. The summed E-state index contributed by atoms with van der Waals surface area (Å²) in [5.41, 5.74) is 2.15. The SMILES string of the molecule is O=C(N[C@@H](c1ccccn1)C1CCN(Cc2ccc(Cl)c(Cl)c2)CC1)C1CC1. The van der Waals surface area contributed by atoms with E-state index >= 15 is 0 Å². The standard InChI is InChI=1S/C22H25Cl2N3O/c23-18-7-4-15(13-19(18)24)14-27-11-8-16(9-12-27)21(20-3-1-2-10-25-20)26-22(28)17-5-6-17/h1-4,7,10,13,16-17,21H,5-6,8-9,11-12,14H2,(H,26,28)/t21-/m1/s1. The average molecular weight is 418 g/mol. The van der Waals surface area contributed by atoms with Gasteiger partial charge in [-0.3, -0.25) is 14.7 Å². The highest BCUT2D eigenvalue weighted by Crippen LogP contribution is 2.34. The molecule has 1 saturated heterocycles. The summed E-state index contributed by atoms with van der Waals surface area (Å²) in [6.07, 6.45) is 5.91. The molecule has 1 amide bonds. The lowest BCUT2D eigenvalue weighted by Gasteiger charge is -2.36. The Morgan fingerprint density at radius 2 is 1.89 bits per heavy atom. The van der Waals surface area contributed by atoms with Gasteiger partial charge in [-0.25, -0.2) is 0 Å².